The first kappa shape index (κ1) is 11.6. The van der Waals surface area contributed by atoms with Crippen LogP contribution in [0.1, 0.15) is 29.0 Å². The standard InChI is InChI=1S/C13H17N3O2/c1-8-5-15-10(6-14-8)13(17)16-7-9-3-4-11(16)12(9)18-2/h5-6,9,11-12H,3-4,7H2,1-2H3. The number of piperidine rings is 1. The first-order valence-corrected chi connectivity index (χ1v) is 6.33. The Labute approximate surface area is 106 Å². The number of likely N-dealkylation sites (tertiary alicyclic amines) is 1. The highest BCUT2D eigenvalue weighted by molar-refractivity contribution is 5.92. The number of aryl methyl sites for hydroxylation is 1. The van der Waals surface area contributed by atoms with Gasteiger partial charge in [-0.05, 0) is 19.8 Å². The van der Waals surface area contributed by atoms with Gasteiger partial charge in [-0.25, -0.2) is 4.98 Å². The second-order valence-electron chi connectivity index (χ2n) is 5.11. The molecule has 1 saturated heterocycles. The summed E-state index contributed by atoms with van der Waals surface area (Å²) in [4.78, 5) is 22.6. The fourth-order valence-electron chi connectivity index (χ4n) is 3.18. The van der Waals surface area contributed by atoms with E-state index in [2.05, 4.69) is 9.97 Å². The first-order valence-electron chi connectivity index (χ1n) is 6.33. The number of ether oxygens (including phenoxy) is 1. The zero-order valence-corrected chi connectivity index (χ0v) is 10.7. The number of carbonyl (C=O) groups excluding carboxylic acids is 1. The molecule has 5 heteroatoms. The highest BCUT2D eigenvalue weighted by Crippen LogP contribution is 2.39. The highest BCUT2D eigenvalue weighted by atomic mass is 16.5. The first-order chi connectivity index (χ1) is 8.70. The molecule has 2 aliphatic rings. The van der Waals surface area contributed by atoms with Crippen LogP contribution in [0.15, 0.2) is 12.4 Å². The molecule has 1 amide bonds. The summed E-state index contributed by atoms with van der Waals surface area (Å²) in [5.41, 5.74) is 1.26. The molecule has 2 heterocycles. The van der Waals surface area contributed by atoms with Crippen LogP contribution in [-0.2, 0) is 4.74 Å². The third-order valence-electron chi connectivity index (χ3n) is 4.04. The molecule has 1 aliphatic carbocycles. The number of amides is 1. The molecule has 1 saturated carbocycles. The molecule has 0 spiro atoms. The lowest BCUT2D eigenvalue weighted by Crippen LogP contribution is -2.40. The predicted octanol–water partition coefficient (Wildman–Crippen LogP) is 1.03. The number of rotatable bonds is 2. The maximum Gasteiger partial charge on any atom is 0.274 e. The summed E-state index contributed by atoms with van der Waals surface area (Å²) in [5.74, 6) is 0.471. The lowest BCUT2D eigenvalue weighted by atomic mass is 10.1. The number of carbonyl (C=O) groups is 1. The van der Waals surface area contributed by atoms with Crippen LogP contribution >= 0.6 is 0 Å². The quantitative estimate of drug-likeness (QED) is 0.783. The maximum absolute atomic E-state index is 12.4. The van der Waals surface area contributed by atoms with E-state index in [-0.39, 0.29) is 18.1 Å². The van der Waals surface area contributed by atoms with Crippen molar-refractivity contribution in [3.8, 4) is 0 Å². The van der Waals surface area contributed by atoms with E-state index in [0.29, 0.717) is 11.6 Å². The van der Waals surface area contributed by atoms with Crippen LogP contribution in [0.5, 0.6) is 0 Å². The van der Waals surface area contributed by atoms with Gasteiger partial charge >= 0.3 is 0 Å². The van der Waals surface area contributed by atoms with Crippen LogP contribution < -0.4 is 0 Å². The minimum atomic E-state index is -0.0169. The zero-order valence-electron chi connectivity index (χ0n) is 10.7. The predicted molar refractivity (Wildman–Crippen MR) is 65.1 cm³/mol. The maximum atomic E-state index is 12.4. The van der Waals surface area contributed by atoms with Crippen molar-refractivity contribution in [3.63, 3.8) is 0 Å². The molecule has 0 N–H and O–H groups in total. The molecule has 1 aliphatic heterocycles. The van der Waals surface area contributed by atoms with Crippen molar-refractivity contribution in [1.82, 2.24) is 14.9 Å². The zero-order chi connectivity index (χ0) is 12.7. The topological polar surface area (TPSA) is 55.3 Å². The number of nitrogens with zero attached hydrogens (tertiary/aromatic N) is 3. The van der Waals surface area contributed by atoms with Crippen molar-refractivity contribution in [2.24, 2.45) is 5.92 Å². The average molecular weight is 247 g/mol. The smallest absolute Gasteiger partial charge is 0.274 e. The fourth-order valence-corrected chi connectivity index (χ4v) is 3.18. The van der Waals surface area contributed by atoms with Crippen LogP contribution in [0.2, 0.25) is 0 Å². The summed E-state index contributed by atoms with van der Waals surface area (Å²) in [6.45, 7) is 2.65. The number of aromatic nitrogens is 2. The van der Waals surface area contributed by atoms with Crippen molar-refractivity contribution in [1.29, 1.82) is 0 Å². The Hall–Kier alpha value is -1.49. The van der Waals surface area contributed by atoms with Gasteiger partial charge in [0.1, 0.15) is 5.69 Å². The molecule has 1 aromatic heterocycles. The van der Waals surface area contributed by atoms with E-state index >= 15 is 0 Å². The highest BCUT2D eigenvalue weighted by Gasteiger charge is 2.49. The summed E-state index contributed by atoms with van der Waals surface area (Å²) in [6.07, 6.45) is 5.59. The fraction of sp³-hybridized carbons (Fsp3) is 0.615. The number of methoxy groups -OCH3 is 1. The van der Waals surface area contributed by atoms with E-state index in [1.807, 2.05) is 11.8 Å². The van der Waals surface area contributed by atoms with E-state index < -0.39 is 0 Å². The minimum Gasteiger partial charge on any atom is -0.379 e. The van der Waals surface area contributed by atoms with Gasteiger partial charge in [-0.1, -0.05) is 0 Å². The van der Waals surface area contributed by atoms with E-state index in [9.17, 15) is 4.79 Å². The van der Waals surface area contributed by atoms with Gasteiger partial charge in [-0.15, -0.1) is 0 Å². The van der Waals surface area contributed by atoms with Gasteiger partial charge in [-0.2, -0.15) is 0 Å². The monoisotopic (exact) mass is 247 g/mol. The lowest BCUT2D eigenvalue weighted by molar-refractivity contribution is 0.0541. The van der Waals surface area contributed by atoms with Crippen LogP contribution in [0.4, 0.5) is 0 Å². The Morgan fingerprint density at radius 2 is 2.22 bits per heavy atom. The van der Waals surface area contributed by atoms with Gasteiger partial charge in [0.05, 0.1) is 24.0 Å². The lowest BCUT2D eigenvalue weighted by Gasteiger charge is -2.26. The van der Waals surface area contributed by atoms with E-state index in [4.69, 9.17) is 4.74 Å². The number of fused-ring (bicyclic) bond motifs is 2. The van der Waals surface area contributed by atoms with Crippen molar-refractivity contribution < 1.29 is 9.53 Å². The van der Waals surface area contributed by atoms with E-state index in [1.165, 1.54) is 0 Å². The summed E-state index contributed by atoms with van der Waals surface area (Å²) in [6, 6.07) is 0.218. The van der Waals surface area contributed by atoms with Gasteiger partial charge in [0, 0.05) is 25.8 Å². The molecule has 2 bridgehead atoms. The molecule has 5 nitrogen and oxygen atoms in total. The number of hydrogen-bond acceptors (Lipinski definition) is 4. The molecule has 0 aromatic carbocycles. The molecule has 1 aromatic rings. The Kier molecular flexibility index (Phi) is 2.78. The third-order valence-corrected chi connectivity index (χ3v) is 4.04. The normalized spacial score (nSPS) is 29.9. The van der Waals surface area contributed by atoms with E-state index in [0.717, 1.165) is 25.1 Å². The minimum absolute atomic E-state index is 0.0169. The summed E-state index contributed by atoms with van der Waals surface area (Å²) in [5, 5.41) is 0. The van der Waals surface area contributed by atoms with Crippen molar-refractivity contribution in [2.45, 2.75) is 31.9 Å². The Bertz CT molecular complexity index is 460. The molecule has 18 heavy (non-hydrogen) atoms. The molecule has 96 valence electrons. The van der Waals surface area contributed by atoms with Gasteiger partial charge < -0.3 is 9.64 Å². The number of hydrogen-bond donors (Lipinski definition) is 0. The van der Waals surface area contributed by atoms with Crippen LogP contribution in [0.25, 0.3) is 0 Å². The van der Waals surface area contributed by atoms with Crippen LogP contribution in [0, 0.1) is 12.8 Å². The Morgan fingerprint density at radius 1 is 1.39 bits per heavy atom. The Morgan fingerprint density at radius 3 is 2.83 bits per heavy atom. The molecule has 3 unspecified atom stereocenters. The average Bonchev–Trinajstić information content (AvgIpc) is 2.95. The van der Waals surface area contributed by atoms with Gasteiger partial charge in [-0.3, -0.25) is 9.78 Å². The molecule has 3 atom stereocenters. The molecule has 3 rings (SSSR count). The van der Waals surface area contributed by atoms with Crippen molar-refractivity contribution in [2.75, 3.05) is 13.7 Å². The van der Waals surface area contributed by atoms with Gasteiger partial charge in [0.25, 0.3) is 5.91 Å². The molecule has 0 radical (unpaired) electrons. The van der Waals surface area contributed by atoms with Crippen molar-refractivity contribution in [3.05, 3.63) is 23.8 Å². The molecule has 2 fully saturated rings. The van der Waals surface area contributed by atoms with E-state index in [1.54, 1.807) is 19.5 Å². The van der Waals surface area contributed by atoms with Gasteiger partial charge in [0.15, 0.2) is 0 Å². The Balaban J connectivity index is 1.80. The third kappa shape index (κ3) is 1.70. The molecular weight excluding hydrogens is 230 g/mol. The van der Waals surface area contributed by atoms with Crippen molar-refractivity contribution >= 4 is 5.91 Å². The second kappa shape index (κ2) is 4.31. The molecular formula is C13H17N3O2. The van der Waals surface area contributed by atoms with Crippen LogP contribution in [0.3, 0.4) is 0 Å². The van der Waals surface area contributed by atoms with Gasteiger partial charge in [0.2, 0.25) is 0 Å². The largest absolute Gasteiger partial charge is 0.379 e. The summed E-state index contributed by atoms with van der Waals surface area (Å²) in [7, 11) is 1.73. The second-order valence-corrected chi connectivity index (χ2v) is 5.11. The summed E-state index contributed by atoms with van der Waals surface area (Å²) < 4.78 is 5.50. The van der Waals surface area contributed by atoms with Crippen LogP contribution in [-0.4, -0.2) is 46.6 Å². The summed E-state index contributed by atoms with van der Waals surface area (Å²) >= 11 is 0. The SMILES string of the molecule is COC1C2CCC1N(C(=O)c1cnc(C)cn1)C2.